The number of nitrogens with zero attached hydrogens (tertiary/aromatic N) is 1. The molecule has 0 saturated carbocycles. The highest BCUT2D eigenvalue weighted by Crippen LogP contribution is 2.22. The summed E-state index contributed by atoms with van der Waals surface area (Å²) < 4.78 is 6.63. The number of aryl methyl sites for hydroxylation is 1. The molecule has 0 spiro atoms. The van der Waals surface area contributed by atoms with E-state index in [1.165, 1.54) is 10.8 Å². The molecular formula is C11H16N2O5. The zero-order valence-corrected chi connectivity index (χ0v) is 10.00. The Hall–Kier alpha value is -1.44. The molecule has 3 atom stereocenters. The van der Waals surface area contributed by atoms with Gasteiger partial charge in [-0.3, -0.25) is 14.3 Å². The number of hydrogen-bond acceptors (Lipinski definition) is 5. The number of hydrogen-bond donors (Lipinski definition) is 3. The van der Waals surface area contributed by atoms with Crippen molar-refractivity contribution in [1.29, 1.82) is 0 Å². The van der Waals surface area contributed by atoms with Crippen molar-refractivity contribution in [2.24, 2.45) is 0 Å². The molecule has 18 heavy (non-hydrogen) atoms. The minimum Gasteiger partial charge on any atom is -0.394 e. The molecule has 3 N–H and O–H groups in total. The Kier molecular flexibility index (Phi) is 3.65. The minimum atomic E-state index is -0.826. The highest BCUT2D eigenvalue weighted by Gasteiger charge is 2.30. The van der Waals surface area contributed by atoms with Crippen LogP contribution in [0.1, 0.15) is 18.0 Å². The summed E-state index contributed by atoms with van der Waals surface area (Å²) in [4.78, 5) is 25.1. The number of rotatable bonds is 2. The highest BCUT2D eigenvalue weighted by molar-refractivity contribution is 5.02. The van der Waals surface area contributed by atoms with Crippen molar-refractivity contribution in [2.45, 2.75) is 31.6 Å². The summed E-state index contributed by atoms with van der Waals surface area (Å²) in [6, 6.07) is -0.342. The second-order valence-electron chi connectivity index (χ2n) is 4.49. The lowest BCUT2D eigenvalue weighted by atomic mass is 10.0. The minimum absolute atomic E-state index is 0.216. The van der Waals surface area contributed by atoms with Crippen LogP contribution in [-0.4, -0.2) is 45.2 Å². The summed E-state index contributed by atoms with van der Waals surface area (Å²) in [5, 5.41) is 18.7. The molecular weight excluding hydrogens is 240 g/mol. The first-order valence-corrected chi connectivity index (χ1v) is 5.75. The van der Waals surface area contributed by atoms with Gasteiger partial charge in [0.05, 0.1) is 25.4 Å². The van der Waals surface area contributed by atoms with E-state index in [-0.39, 0.29) is 19.3 Å². The van der Waals surface area contributed by atoms with Crippen LogP contribution in [0.2, 0.25) is 0 Å². The van der Waals surface area contributed by atoms with E-state index in [1.54, 1.807) is 6.92 Å². The zero-order chi connectivity index (χ0) is 13.3. The summed E-state index contributed by atoms with van der Waals surface area (Å²) in [6.45, 7) is 1.56. The van der Waals surface area contributed by atoms with Crippen molar-refractivity contribution in [2.75, 3.05) is 13.2 Å². The van der Waals surface area contributed by atoms with Crippen molar-refractivity contribution >= 4 is 0 Å². The van der Waals surface area contributed by atoms with Crippen molar-refractivity contribution in [3.63, 3.8) is 0 Å². The molecule has 2 heterocycles. The number of aromatic nitrogens is 2. The molecule has 0 radical (unpaired) electrons. The van der Waals surface area contributed by atoms with Crippen molar-refractivity contribution < 1.29 is 14.9 Å². The summed E-state index contributed by atoms with van der Waals surface area (Å²) in [7, 11) is 0. The van der Waals surface area contributed by atoms with Gasteiger partial charge in [-0.1, -0.05) is 0 Å². The van der Waals surface area contributed by atoms with E-state index in [0.717, 1.165) is 0 Å². The van der Waals surface area contributed by atoms with Gasteiger partial charge in [0.1, 0.15) is 6.10 Å². The van der Waals surface area contributed by atoms with Gasteiger partial charge < -0.3 is 14.9 Å². The normalized spacial score (nSPS) is 28.3. The van der Waals surface area contributed by atoms with Crippen LogP contribution in [0.4, 0.5) is 0 Å². The van der Waals surface area contributed by atoms with Crippen LogP contribution in [0.3, 0.4) is 0 Å². The van der Waals surface area contributed by atoms with E-state index in [9.17, 15) is 14.7 Å². The van der Waals surface area contributed by atoms with E-state index >= 15 is 0 Å². The summed E-state index contributed by atoms with van der Waals surface area (Å²) in [5.74, 6) is 0. The van der Waals surface area contributed by atoms with Gasteiger partial charge in [-0.2, -0.15) is 0 Å². The van der Waals surface area contributed by atoms with Gasteiger partial charge in [-0.15, -0.1) is 0 Å². The standard InChI is InChI=1S/C11H16N2O5/c1-6-3-13(11(17)12-10(6)16)7-2-8(15)9(4-14)18-5-7/h3,7-9,14-15H,2,4-5H2,1H3,(H,12,16,17)/t7-,8-,9+/m0/s1. The first kappa shape index (κ1) is 13.0. The number of H-pyrrole nitrogens is 1. The van der Waals surface area contributed by atoms with Crippen molar-refractivity contribution in [3.8, 4) is 0 Å². The fourth-order valence-corrected chi connectivity index (χ4v) is 2.07. The Morgan fingerprint density at radius 3 is 2.89 bits per heavy atom. The van der Waals surface area contributed by atoms with Crippen LogP contribution < -0.4 is 11.2 Å². The Morgan fingerprint density at radius 1 is 1.56 bits per heavy atom. The lowest BCUT2D eigenvalue weighted by Crippen LogP contribution is -2.44. The molecule has 1 aromatic heterocycles. The molecule has 7 heteroatoms. The van der Waals surface area contributed by atoms with Gasteiger partial charge >= 0.3 is 5.69 Å². The molecule has 0 bridgehead atoms. The van der Waals surface area contributed by atoms with Gasteiger partial charge in [0, 0.05) is 11.8 Å². The largest absolute Gasteiger partial charge is 0.394 e. The molecule has 1 aromatic rings. The lowest BCUT2D eigenvalue weighted by Gasteiger charge is -2.33. The maximum Gasteiger partial charge on any atom is 0.328 e. The quantitative estimate of drug-likeness (QED) is 0.599. The van der Waals surface area contributed by atoms with Crippen LogP contribution >= 0.6 is 0 Å². The molecule has 1 aliphatic heterocycles. The first-order chi connectivity index (χ1) is 8.52. The maximum atomic E-state index is 11.7. The molecule has 0 aliphatic carbocycles. The second kappa shape index (κ2) is 5.05. The number of aliphatic hydroxyl groups excluding tert-OH is 2. The average molecular weight is 256 g/mol. The Bertz CT molecular complexity index is 535. The molecule has 1 fully saturated rings. The van der Waals surface area contributed by atoms with E-state index in [2.05, 4.69) is 4.98 Å². The lowest BCUT2D eigenvalue weighted by molar-refractivity contribution is -0.113. The van der Waals surface area contributed by atoms with Gasteiger partial charge in [0.2, 0.25) is 0 Å². The monoisotopic (exact) mass is 256 g/mol. The maximum absolute atomic E-state index is 11.7. The SMILES string of the molecule is Cc1cn([C@@H]2CO[C@H](CO)[C@@H](O)C2)c(=O)[nH]c1=O. The summed E-state index contributed by atoms with van der Waals surface area (Å²) >= 11 is 0. The van der Waals surface area contributed by atoms with Gasteiger partial charge in [-0.05, 0) is 13.3 Å². The second-order valence-corrected chi connectivity index (χ2v) is 4.49. The van der Waals surface area contributed by atoms with Crippen LogP contribution in [0.5, 0.6) is 0 Å². The molecule has 7 nitrogen and oxygen atoms in total. The molecule has 100 valence electrons. The Labute approximate surface area is 103 Å². The molecule has 0 unspecified atom stereocenters. The molecule has 1 aliphatic rings. The van der Waals surface area contributed by atoms with Crippen LogP contribution in [0, 0.1) is 6.92 Å². The predicted octanol–water partition coefficient (Wildman–Crippen LogP) is -1.47. The third-order valence-electron chi connectivity index (χ3n) is 3.16. The predicted molar refractivity (Wildman–Crippen MR) is 62.5 cm³/mol. The zero-order valence-electron chi connectivity index (χ0n) is 10.00. The van der Waals surface area contributed by atoms with E-state index in [1.807, 2.05) is 0 Å². The van der Waals surface area contributed by atoms with Crippen LogP contribution in [0.15, 0.2) is 15.8 Å². The van der Waals surface area contributed by atoms with Crippen LogP contribution in [-0.2, 0) is 4.74 Å². The fourth-order valence-electron chi connectivity index (χ4n) is 2.07. The van der Waals surface area contributed by atoms with E-state index < -0.39 is 23.5 Å². The van der Waals surface area contributed by atoms with Crippen molar-refractivity contribution in [3.05, 3.63) is 32.6 Å². The number of aliphatic hydroxyl groups is 2. The van der Waals surface area contributed by atoms with Crippen LogP contribution in [0.25, 0.3) is 0 Å². The van der Waals surface area contributed by atoms with Crippen molar-refractivity contribution in [1.82, 2.24) is 9.55 Å². The van der Waals surface area contributed by atoms with Gasteiger partial charge in [0.15, 0.2) is 0 Å². The topological polar surface area (TPSA) is 105 Å². The highest BCUT2D eigenvalue weighted by atomic mass is 16.5. The molecule has 2 rings (SSSR count). The average Bonchev–Trinajstić information content (AvgIpc) is 2.33. The number of ether oxygens (including phenoxy) is 1. The fraction of sp³-hybridized carbons (Fsp3) is 0.636. The Balaban J connectivity index is 2.26. The van der Waals surface area contributed by atoms with E-state index in [0.29, 0.717) is 12.0 Å². The van der Waals surface area contributed by atoms with Gasteiger partial charge in [-0.25, -0.2) is 4.79 Å². The molecule has 1 saturated heterocycles. The summed E-state index contributed by atoms with van der Waals surface area (Å²) in [6.07, 6.45) is 0.325. The third-order valence-corrected chi connectivity index (χ3v) is 3.16. The van der Waals surface area contributed by atoms with E-state index in [4.69, 9.17) is 9.84 Å². The Morgan fingerprint density at radius 2 is 2.28 bits per heavy atom. The smallest absolute Gasteiger partial charge is 0.328 e. The molecule has 0 aromatic carbocycles. The third kappa shape index (κ3) is 2.38. The number of aromatic amines is 1. The number of nitrogens with one attached hydrogen (secondary N) is 1. The first-order valence-electron chi connectivity index (χ1n) is 5.75. The van der Waals surface area contributed by atoms with Gasteiger partial charge in [0.25, 0.3) is 5.56 Å². The molecule has 0 amide bonds. The summed E-state index contributed by atoms with van der Waals surface area (Å²) in [5.41, 5.74) is -0.510.